The number of benzene rings is 1. The summed E-state index contributed by atoms with van der Waals surface area (Å²) < 4.78 is 6.87. The molecule has 3 aromatic heterocycles. The monoisotopic (exact) mass is 336 g/mol. The van der Waals surface area contributed by atoms with Gasteiger partial charge in [-0.25, -0.2) is 9.78 Å². The van der Waals surface area contributed by atoms with E-state index in [1.165, 1.54) is 4.57 Å². The fourth-order valence-corrected chi connectivity index (χ4v) is 2.77. The molecule has 8 nitrogen and oxygen atoms in total. The Hall–Kier alpha value is -3.42. The summed E-state index contributed by atoms with van der Waals surface area (Å²) in [7, 11) is 3.30. The molecule has 0 radical (unpaired) electrons. The molecular weight excluding hydrogens is 320 g/mol. The van der Waals surface area contributed by atoms with Crippen LogP contribution in [0, 0.1) is 6.92 Å². The second kappa shape index (κ2) is 5.59. The SMILES string of the molecule is COc1ccnc2cc(C)c(Nc3ncc4c(n3)[nH]c(=O)n4C)cc12. The summed E-state index contributed by atoms with van der Waals surface area (Å²) in [6.45, 7) is 1.98. The highest BCUT2D eigenvalue weighted by molar-refractivity contribution is 5.90. The van der Waals surface area contributed by atoms with Gasteiger partial charge in [-0.15, -0.1) is 0 Å². The van der Waals surface area contributed by atoms with Crippen LogP contribution in [0.15, 0.2) is 35.4 Å². The van der Waals surface area contributed by atoms with Gasteiger partial charge in [-0.3, -0.25) is 14.5 Å². The maximum absolute atomic E-state index is 11.7. The molecule has 0 saturated carbocycles. The maximum atomic E-state index is 11.7. The Morgan fingerprint density at radius 2 is 2.12 bits per heavy atom. The van der Waals surface area contributed by atoms with E-state index in [1.54, 1.807) is 26.6 Å². The van der Waals surface area contributed by atoms with Crippen LogP contribution in [0.4, 0.5) is 11.6 Å². The topological polar surface area (TPSA) is 97.7 Å². The number of aromatic amines is 1. The van der Waals surface area contributed by atoms with Gasteiger partial charge in [0.25, 0.3) is 0 Å². The average Bonchev–Trinajstić information content (AvgIpc) is 2.89. The number of aromatic nitrogens is 5. The molecule has 0 aliphatic heterocycles. The highest BCUT2D eigenvalue weighted by Crippen LogP contribution is 2.30. The number of hydrogen-bond acceptors (Lipinski definition) is 6. The van der Waals surface area contributed by atoms with Crippen molar-refractivity contribution in [1.82, 2.24) is 24.5 Å². The van der Waals surface area contributed by atoms with Gasteiger partial charge in [-0.1, -0.05) is 0 Å². The number of aryl methyl sites for hydroxylation is 2. The zero-order valence-corrected chi connectivity index (χ0v) is 14.0. The van der Waals surface area contributed by atoms with Crippen molar-refractivity contribution in [2.75, 3.05) is 12.4 Å². The van der Waals surface area contributed by atoms with Gasteiger partial charge < -0.3 is 10.1 Å². The fraction of sp³-hybridized carbons (Fsp3) is 0.176. The fourth-order valence-electron chi connectivity index (χ4n) is 2.77. The molecule has 0 spiro atoms. The molecule has 0 saturated heterocycles. The third-order valence-corrected chi connectivity index (χ3v) is 4.17. The normalized spacial score (nSPS) is 11.2. The van der Waals surface area contributed by atoms with Crippen molar-refractivity contribution in [2.45, 2.75) is 6.92 Å². The summed E-state index contributed by atoms with van der Waals surface area (Å²) in [4.78, 5) is 27.4. The van der Waals surface area contributed by atoms with Gasteiger partial charge in [0.1, 0.15) is 11.3 Å². The number of methoxy groups -OCH3 is 1. The third-order valence-electron chi connectivity index (χ3n) is 4.17. The summed E-state index contributed by atoms with van der Waals surface area (Å²) in [6.07, 6.45) is 3.33. The molecule has 1 aromatic carbocycles. The van der Waals surface area contributed by atoms with Gasteiger partial charge in [0, 0.05) is 24.3 Å². The van der Waals surface area contributed by atoms with Crippen LogP contribution in [0.1, 0.15) is 5.56 Å². The summed E-state index contributed by atoms with van der Waals surface area (Å²) >= 11 is 0. The van der Waals surface area contributed by atoms with E-state index in [0.29, 0.717) is 17.1 Å². The van der Waals surface area contributed by atoms with Crippen molar-refractivity contribution >= 4 is 33.7 Å². The van der Waals surface area contributed by atoms with Gasteiger partial charge in [0.15, 0.2) is 5.65 Å². The first kappa shape index (κ1) is 15.1. The first-order valence-electron chi connectivity index (χ1n) is 7.69. The van der Waals surface area contributed by atoms with E-state index in [9.17, 15) is 4.79 Å². The molecule has 126 valence electrons. The number of ether oxygens (including phenoxy) is 1. The summed E-state index contributed by atoms with van der Waals surface area (Å²) in [5.74, 6) is 1.15. The van der Waals surface area contributed by atoms with E-state index in [1.807, 2.05) is 25.1 Å². The van der Waals surface area contributed by atoms with E-state index in [-0.39, 0.29) is 5.69 Å². The van der Waals surface area contributed by atoms with Crippen LogP contribution in [-0.2, 0) is 7.05 Å². The number of H-pyrrole nitrogens is 1. The minimum atomic E-state index is -0.223. The second-order valence-electron chi connectivity index (χ2n) is 5.74. The summed E-state index contributed by atoms with van der Waals surface area (Å²) in [6, 6.07) is 5.75. The van der Waals surface area contributed by atoms with Crippen molar-refractivity contribution in [2.24, 2.45) is 7.05 Å². The van der Waals surface area contributed by atoms with Crippen LogP contribution in [0.3, 0.4) is 0 Å². The van der Waals surface area contributed by atoms with Crippen molar-refractivity contribution in [3.8, 4) is 5.75 Å². The number of pyridine rings is 1. The third kappa shape index (κ3) is 2.47. The highest BCUT2D eigenvalue weighted by Gasteiger charge is 2.10. The van der Waals surface area contributed by atoms with E-state index < -0.39 is 0 Å². The molecule has 25 heavy (non-hydrogen) atoms. The molecule has 4 aromatic rings. The molecule has 4 rings (SSSR count). The van der Waals surface area contributed by atoms with Gasteiger partial charge in [-0.2, -0.15) is 4.98 Å². The number of anilines is 2. The summed E-state index contributed by atoms with van der Waals surface area (Å²) in [5.41, 5.74) is 3.61. The molecule has 2 N–H and O–H groups in total. The van der Waals surface area contributed by atoms with Crippen LogP contribution >= 0.6 is 0 Å². The number of hydrogen-bond donors (Lipinski definition) is 2. The zero-order valence-electron chi connectivity index (χ0n) is 14.0. The minimum absolute atomic E-state index is 0.223. The quantitative estimate of drug-likeness (QED) is 0.595. The van der Waals surface area contributed by atoms with E-state index >= 15 is 0 Å². The second-order valence-corrected chi connectivity index (χ2v) is 5.74. The van der Waals surface area contributed by atoms with Crippen LogP contribution in [0.2, 0.25) is 0 Å². The Bertz CT molecular complexity index is 1160. The molecule has 0 fully saturated rings. The number of nitrogens with one attached hydrogen (secondary N) is 2. The Kier molecular flexibility index (Phi) is 3.38. The predicted molar refractivity (Wildman–Crippen MR) is 95.4 cm³/mol. The predicted octanol–water partition coefficient (Wildman–Crippen LogP) is 2.27. The molecule has 0 unspecified atom stereocenters. The lowest BCUT2D eigenvalue weighted by Crippen LogP contribution is -2.11. The lowest BCUT2D eigenvalue weighted by atomic mass is 10.1. The average molecular weight is 336 g/mol. The molecule has 0 bridgehead atoms. The van der Waals surface area contributed by atoms with Crippen LogP contribution in [-0.4, -0.2) is 31.6 Å². The number of nitrogens with zero attached hydrogens (tertiary/aromatic N) is 4. The Morgan fingerprint density at radius 3 is 2.92 bits per heavy atom. The van der Waals surface area contributed by atoms with Crippen LogP contribution in [0.5, 0.6) is 5.75 Å². The number of imidazole rings is 1. The largest absolute Gasteiger partial charge is 0.496 e. The van der Waals surface area contributed by atoms with Crippen molar-refractivity contribution in [1.29, 1.82) is 0 Å². The van der Waals surface area contributed by atoms with Gasteiger partial charge >= 0.3 is 5.69 Å². The van der Waals surface area contributed by atoms with E-state index in [4.69, 9.17) is 4.74 Å². The molecule has 0 amide bonds. The van der Waals surface area contributed by atoms with Crippen molar-refractivity contribution in [3.63, 3.8) is 0 Å². The molecule has 3 heterocycles. The van der Waals surface area contributed by atoms with Gasteiger partial charge in [0.05, 0.1) is 18.8 Å². The lowest BCUT2D eigenvalue weighted by Gasteiger charge is -2.11. The Labute approximate surface area is 142 Å². The summed E-state index contributed by atoms with van der Waals surface area (Å²) in [5, 5.41) is 4.10. The number of rotatable bonds is 3. The van der Waals surface area contributed by atoms with Crippen LogP contribution < -0.4 is 15.7 Å². The van der Waals surface area contributed by atoms with Crippen molar-refractivity contribution in [3.05, 3.63) is 46.6 Å². The van der Waals surface area contributed by atoms with E-state index in [0.717, 1.165) is 27.9 Å². The highest BCUT2D eigenvalue weighted by atomic mass is 16.5. The van der Waals surface area contributed by atoms with Gasteiger partial charge in [0.2, 0.25) is 5.95 Å². The van der Waals surface area contributed by atoms with E-state index in [2.05, 4.69) is 25.3 Å². The smallest absolute Gasteiger partial charge is 0.327 e. The first-order chi connectivity index (χ1) is 12.1. The zero-order chi connectivity index (χ0) is 17.6. The Balaban J connectivity index is 1.79. The molecule has 0 aliphatic rings. The standard InChI is InChI=1S/C17H16N6O2/c1-9-6-12-10(14(25-3)4-5-18-12)7-11(9)20-16-19-8-13-15(21-16)22-17(24)23(13)2/h4-8H,1-3H3,(H2,19,20,21,22,24). The van der Waals surface area contributed by atoms with Crippen LogP contribution in [0.25, 0.3) is 22.1 Å². The first-order valence-corrected chi connectivity index (χ1v) is 7.69. The lowest BCUT2D eigenvalue weighted by molar-refractivity contribution is 0.419. The number of fused-ring (bicyclic) bond motifs is 2. The van der Waals surface area contributed by atoms with Crippen molar-refractivity contribution < 1.29 is 4.74 Å². The molecule has 0 atom stereocenters. The maximum Gasteiger partial charge on any atom is 0.327 e. The Morgan fingerprint density at radius 1 is 1.28 bits per heavy atom. The molecule has 8 heteroatoms. The molecular formula is C17H16N6O2. The van der Waals surface area contributed by atoms with Gasteiger partial charge in [-0.05, 0) is 30.7 Å². The molecule has 0 aliphatic carbocycles. The minimum Gasteiger partial charge on any atom is -0.496 e.